The summed E-state index contributed by atoms with van der Waals surface area (Å²) in [6.45, 7) is 2.32. The first-order valence-electron chi connectivity index (χ1n) is 9.63. The molecule has 0 radical (unpaired) electrons. The van der Waals surface area contributed by atoms with Crippen LogP contribution in [-0.2, 0) is 5.60 Å². The predicted octanol–water partition coefficient (Wildman–Crippen LogP) is 5.67. The summed E-state index contributed by atoms with van der Waals surface area (Å²) < 4.78 is 12.7. The zero-order valence-electron chi connectivity index (χ0n) is 16.4. The summed E-state index contributed by atoms with van der Waals surface area (Å²) in [7, 11) is 0. The number of hydrogen-bond donors (Lipinski definition) is 1. The normalized spacial score (nSPS) is 12.8. The first kappa shape index (κ1) is 20.2. The average Bonchev–Trinajstić information content (AvgIpc) is 3.21. The number of hydrogen-bond acceptors (Lipinski definition) is 4. The topological polar surface area (TPSA) is 55.5 Å². The Kier molecular flexibility index (Phi) is 5.89. The van der Waals surface area contributed by atoms with Gasteiger partial charge in [-0.1, -0.05) is 47.0 Å². The summed E-state index contributed by atoms with van der Waals surface area (Å²) in [6.07, 6.45) is 4.12. The Morgan fingerprint density at radius 3 is 2.63 bits per heavy atom. The Morgan fingerprint density at radius 1 is 1.07 bits per heavy atom. The van der Waals surface area contributed by atoms with Crippen molar-refractivity contribution in [1.29, 1.82) is 0 Å². The molecule has 150 valence electrons. The highest BCUT2D eigenvalue weighted by molar-refractivity contribution is 9.10. The molecule has 0 spiro atoms. The molecule has 4 aromatic rings. The molecule has 0 amide bonds. The third-order valence-electron chi connectivity index (χ3n) is 4.80. The Morgan fingerprint density at radius 2 is 1.90 bits per heavy atom. The molecule has 4 nitrogen and oxygen atoms in total. The van der Waals surface area contributed by atoms with Gasteiger partial charge in [0.15, 0.2) is 5.60 Å². The summed E-state index contributed by atoms with van der Waals surface area (Å²) in [5.74, 6) is 7.02. The van der Waals surface area contributed by atoms with E-state index in [1.54, 1.807) is 18.5 Å². The van der Waals surface area contributed by atoms with E-state index in [9.17, 15) is 5.11 Å². The lowest BCUT2D eigenvalue weighted by molar-refractivity contribution is 0.101. The van der Waals surface area contributed by atoms with Gasteiger partial charge in [-0.25, -0.2) is 0 Å². The maximum Gasteiger partial charge on any atom is 0.174 e. The molecule has 0 aliphatic heterocycles. The maximum atomic E-state index is 11.9. The van der Waals surface area contributed by atoms with E-state index in [0.717, 1.165) is 16.3 Å². The highest BCUT2D eigenvalue weighted by atomic mass is 79.9. The highest BCUT2D eigenvalue weighted by Crippen LogP contribution is 2.39. The molecule has 0 aliphatic carbocycles. The SMILES string of the molecule is CCC#CCOc1ccc2cc(C(O)(c3ccc(Br)cc3)c3cccnc3)oc2c1. The lowest BCUT2D eigenvalue weighted by Gasteiger charge is -2.27. The molecular formula is C25H20BrNO3. The summed E-state index contributed by atoms with van der Waals surface area (Å²) in [6, 6.07) is 18.6. The van der Waals surface area contributed by atoms with Gasteiger partial charge in [-0.15, -0.1) is 5.92 Å². The molecule has 0 aliphatic rings. The van der Waals surface area contributed by atoms with Gasteiger partial charge < -0.3 is 14.3 Å². The van der Waals surface area contributed by atoms with E-state index < -0.39 is 5.60 Å². The number of halogens is 1. The molecule has 1 atom stereocenters. The van der Waals surface area contributed by atoms with Crippen LogP contribution in [0, 0.1) is 11.8 Å². The van der Waals surface area contributed by atoms with Gasteiger partial charge in [0.05, 0.1) is 0 Å². The molecule has 0 saturated heterocycles. The van der Waals surface area contributed by atoms with E-state index in [0.29, 0.717) is 34.8 Å². The molecule has 2 aromatic carbocycles. The van der Waals surface area contributed by atoms with E-state index in [1.165, 1.54) is 0 Å². The zero-order chi connectivity index (χ0) is 21.0. The fraction of sp³-hybridized carbons (Fsp3) is 0.160. The summed E-state index contributed by atoms with van der Waals surface area (Å²) in [5, 5.41) is 12.8. The number of aromatic nitrogens is 1. The molecule has 0 fully saturated rings. The van der Waals surface area contributed by atoms with Crippen molar-refractivity contribution < 1.29 is 14.3 Å². The van der Waals surface area contributed by atoms with Crippen LogP contribution in [0.2, 0.25) is 0 Å². The first-order valence-corrected chi connectivity index (χ1v) is 10.4. The van der Waals surface area contributed by atoms with E-state index in [-0.39, 0.29) is 0 Å². The van der Waals surface area contributed by atoms with E-state index >= 15 is 0 Å². The van der Waals surface area contributed by atoms with Gasteiger partial charge in [0.25, 0.3) is 0 Å². The summed E-state index contributed by atoms with van der Waals surface area (Å²) in [5.41, 5.74) is 0.453. The van der Waals surface area contributed by atoms with Crippen LogP contribution in [-0.4, -0.2) is 16.7 Å². The second-order valence-electron chi connectivity index (χ2n) is 6.77. The number of fused-ring (bicyclic) bond motifs is 1. The molecule has 5 heteroatoms. The largest absolute Gasteiger partial charge is 0.481 e. The van der Waals surface area contributed by atoms with Gasteiger partial charge in [0.2, 0.25) is 0 Å². The van der Waals surface area contributed by atoms with Gasteiger partial charge in [-0.3, -0.25) is 4.98 Å². The van der Waals surface area contributed by atoms with Crippen molar-refractivity contribution >= 4 is 26.9 Å². The van der Waals surface area contributed by atoms with Crippen molar-refractivity contribution in [2.75, 3.05) is 6.61 Å². The van der Waals surface area contributed by atoms with Gasteiger partial charge in [0.1, 0.15) is 23.7 Å². The molecule has 30 heavy (non-hydrogen) atoms. The molecule has 1 unspecified atom stereocenters. The molecule has 4 rings (SSSR count). The number of furan rings is 1. The number of ether oxygens (including phenoxy) is 1. The monoisotopic (exact) mass is 461 g/mol. The standard InChI is InChI=1S/C25H20BrNO3/c1-2-3-4-14-29-22-12-7-18-15-24(30-23(18)16-22)25(28,20-6-5-13-27-17-20)19-8-10-21(26)11-9-19/h5-13,15-17,28H,2,14H2,1H3. The predicted molar refractivity (Wildman–Crippen MR) is 120 cm³/mol. The Bertz CT molecular complexity index is 1210. The first-order chi connectivity index (χ1) is 14.6. The van der Waals surface area contributed by atoms with Crippen molar-refractivity contribution in [1.82, 2.24) is 4.98 Å². The number of rotatable bonds is 5. The minimum absolute atomic E-state index is 0.325. The molecule has 0 bridgehead atoms. The number of nitrogens with zero attached hydrogens (tertiary/aromatic N) is 1. The van der Waals surface area contributed by atoms with Crippen molar-refractivity contribution in [3.63, 3.8) is 0 Å². The third-order valence-corrected chi connectivity index (χ3v) is 5.33. The van der Waals surface area contributed by atoms with Crippen LogP contribution < -0.4 is 4.74 Å². The van der Waals surface area contributed by atoms with Crippen molar-refractivity contribution in [2.45, 2.75) is 18.9 Å². The number of benzene rings is 2. The average molecular weight is 462 g/mol. The molecule has 0 saturated carbocycles. The van der Waals surface area contributed by atoms with Gasteiger partial charge >= 0.3 is 0 Å². The summed E-state index contributed by atoms with van der Waals surface area (Å²) in [4.78, 5) is 4.19. The van der Waals surface area contributed by atoms with E-state index in [2.05, 4.69) is 32.8 Å². The second kappa shape index (κ2) is 8.74. The number of pyridine rings is 1. The quantitative estimate of drug-likeness (QED) is 0.389. The van der Waals surface area contributed by atoms with Crippen LogP contribution >= 0.6 is 15.9 Å². The lowest BCUT2D eigenvalue weighted by atomic mass is 9.85. The zero-order valence-corrected chi connectivity index (χ0v) is 18.0. The van der Waals surface area contributed by atoms with Crippen LogP contribution in [0.1, 0.15) is 30.2 Å². The minimum atomic E-state index is -1.48. The Balaban J connectivity index is 1.78. The van der Waals surface area contributed by atoms with Gasteiger partial charge in [-0.2, -0.15) is 0 Å². The van der Waals surface area contributed by atoms with E-state index in [1.807, 2.05) is 61.5 Å². The van der Waals surface area contributed by atoms with Crippen LogP contribution in [0.5, 0.6) is 5.75 Å². The fourth-order valence-electron chi connectivity index (χ4n) is 3.29. The summed E-state index contributed by atoms with van der Waals surface area (Å²) >= 11 is 3.45. The Labute approximate surface area is 183 Å². The van der Waals surface area contributed by atoms with Crippen LogP contribution in [0.25, 0.3) is 11.0 Å². The molecular weight excluding hydrogens is 442 g/mol. The second-order valence-corrected chi connectivity index (χ2v) is 7.68. The van der Waals surface area contributed by atoms with Crippen molar-refractivity contribution in [3.8, 4) is 17.6 Å². The van der Waals surface area contributed by atoms with Crippen molar-refractivity contribution in [3.05, 3.63) is 94.4 Å². The molecule has 1 N–H and O–H groups in total. The molecule has 2 heterocycles. The van der Waals surface area contributed by atoms with Gasteiger partial charge in [0, 0.05) is 40.3 Å². The van der Waals surface area contributed by atoms with Crippen molar-refractivity contribution in [2.24, 2.45) is 0 Å². The number of aliphatic hydroxyl groups is 1. The lowest BCUT2D eigenvalue weighted by Crippen LogP contribution is -2.28. The van der Waals surface area contributed by atoms with Crippen LogP contribution in [0.4, 0.5) is 0 Å². The van der Waals surface area contributed by atoms with E-state index in [4.69, 9.17) is 9.15 Å². The van der Waals surface area contributed by atoms with Crippen LogP contribution in [0.3, 0.4) is 0 Å². The van der Waals surface area contributed by atoms with Crippen LogP contribution in [0.15, 0.2) is 81.9 Å². The fourth-order valence-corrected chi connectivity index (χ4v) is 3.56. The molecule has 2 aromatic heterocycles. The van der Waals surface area contributed by atoms with Gasteiger partial charge in [-0.05, 0) is 42.0 Å². The smallest absolute Gasteiger partial charge is 0.174 e. The minimum Gasteiger partial charge on any atom is -0.481 e. The third kappa shape index (κ3) is 3.97. The maximum absolute atomic E-state index is 11.9. The highest BCUT2D eigenvalue weighted by Gasteiger charge is 2.37. The Hall–Kier alpha value is -3.07.